The van der Waals surface area contributed by atoms with Gasteiger partial charge in [-0.2, -0.15) is 0 Å². The molecule has 0 spiro atoms. The summed E-state index contributed by atoms with van der Waals surface area (Å²) in [5.74, 6) is 0.938. The first-order valence-corrected chi connectivity index (χ1v) is 5.97. The lowest BCUT2D eigenvalue weighted by atomic mass is 9.63. The molecule has 2 aliphatic rings. The van der Waals surface area contributed by atoms with Crippen LogP contribution in [0.1, 0.15) is 40.0 Å². The highest BCUT2D eigenvalue weighted by molar-refractivity contribution is 5.05. The Hall–Kier alpha value is -0.0800. The van der Waals surface area contributed by atoms with Gasteiger partial charge in [0.05, 0.1) is 6.10 Å². The van der Waals surface area contributed by atoms with Gasteiger partial charge in [-0.1, -0.05) is 27.2 Å². The van der Waals surface area contributed by atoms with Crippen molar-refractivity contribution in [3.63, 3.8) is 0 Å². The van der Waals surface area contributed by atoms with Crippen LogP contribution in [0.25, 0.3) is 0 Å². The largest absolute Gasteiger partial charge is 0.392 e. The predicted octanol–water partition coefficient (Wildman–Crippen LogP) is 1.88. The molecule has 0 bridgehead atoms. The van der Waals surface area contributed by atoms with Crippen molar-refractivity contribution in [1.29, 1.82) is 0 Å². The zero-order valence-corrected chi connectivity index (χ0v) is 9.66. The molecule has 0 amide bonds. The van der Waals surface area contributed by atoms with E-state index in [-0.39, 0.29) is 11.5 Å². The van der Waals surface area contributed by atoms with E-state index in [4.69, 9.17) is 0 Å². The van der Waals surface area contributed by atoms with E-state index < -0.39 is 0 Å². The third kappa shape index (κ3) is 1.49. The van der Waals surface area contributed by atoms with Crippen LogP contribution in [0.2, 0.25) is 0 Å². The highest BCUT2D eigenvalue weighted by atomic mass is 16.3. The van der Waals surface area contributed by atoms with Gasteiger partial charge in [0.2, 0.25) is 0 Å². The Morgan fingerprint density at radius 2 is 2.00 bits per heavy atom. The number of likely N-dealkylation sites (tertiary alicyclic amines) is 1. The molecular formula is C12H23NO. The summed E-state index contributed by atoms with van der Waals surface area (Å²) in [6.45, 7) is 9.20. The molecule has 1 saturated carbocycles. The van der Waals surface area contributed by atoms with Crippen molar-refractivity contribution in [3.05, 3.63) is 0 Å². The standard InChI is InChI=1S/C12H23NO/c1-4-5-9-7-13(8-9)10-6-11(14)12(10,2)3/h9-11,14H,4-8H2,1-3H3. The molecule has 2 rings (SSSR count). The molecule has 2 nitrogen and oxygen atoms in total. The number of aliphatic hydroxyl groups excluding tert-OH is 1. The molecule has 2 unspecified atom stereocenters. The fraction of sp³-hybridized carbons (Fsp3) is 1.00. The molecule has 1 N–H and O–H groups in total. The monoisotopic (exact) mass is 197 g/mol. The van der Waals surface area contributed by atoms with Gasteiger partial charge in [0.25, 0.3) is 0 Å². The van der Waals surface area contributed by atoms with Crippen LogP contribution in [-0.2, 0) is 0 Å². The molecule has 82 valence electrons. The van der Waals surface area contributed by atoms with Gasteiger partial charge >= 0.3 is 0 Å². The van der Waals surface area contributed by atoms with Crippen LogP contribution >= 0.6 is 0 Å². The van der Waals surface area contributed by atoms with E-state index in [0.29, 0.717) is 6.04 Å². The number of hydrogen-bond donors (Lipinski definition) is 1. The number of rotatable bonds is 3. The summed E-state index contributed by atoms with van der Waals surface area (Å²) in [5.41, 5.74) is 0.136. The molecule has 0 aromatic heterocycles. The SMILES string of the molecule is CCCC1CN(C2CC(O)C2(C)C)C1. The normalized spacial score (nSPS) is 37.7. The zero-order chi connectivity index (χ0) is 10.3. The minimum absolute atomic E-state index is 0.0716. The Kier molecular flexibility index (Phi) is 2.61. The lowest BCUT2D eigenvalue weighted by molar-refractivity contribution is -0.147. The second-order valence-corrected chi connectivity index (χ2v) is 5.70. The second kappa shape index (κ2) is 3.49. The van der Waals surface area contributed by atoms with Gasteiger partial charge in [-0.3, -0.25) is 4.90 Å². The first kappa shape index (κ1) is 10.4. The maximum atomic E-state index is 9.66. The van der Waals surface area contributed by atoms with Crippen LogP contribution in [0.5, 0.6) is 0 Å². The maximum absolute atomic E-state index is 9.66. The highest BCUT2D eigenvalue weighted by Gasteiger charge is 2.52. The van der Waals surface area contributed by atoms with Crippen LogP contribution in [0, 0.1) is 11.3 Å². The lowest BCUT2D eigenvalue weighted by Crippen LogP contribution is -2.66. The van der Waals surface area contributed by atoms with Crippen LogP contribution in [0.15, 0.2) is 0 Å². The summed E-state index contributed by atoms with van der Waals surface area (Å²) in [6, 6.07) is 0.644. The van der Waals surface area contributed by atoms with E-state index in [1.807, 2.05) is 0 Å². The molecule has 1 aliphatic heterocycles. The average Bonchev–Trinajstić information content (AvgIpc) is 2.08. The Morgan fingerprint density at radius 3 is 2.43 bits per heavy atom. The van der Waals surface area contributed by atoms with Crippen LogP contribution in [0.4, 0.5) is 0 Å². The Balaban J connectivity index is 1.78. The topological polar surface area (TPSA) is 23.5 Å². The van der Waals surface area contributed by atoms with Gasteiger partial charge in [-0.25, -0.2) is 0 Å². The fourth-order valence-corrected chi connectivity index (χ4v) is 2.96. The molecule has 2 heteroatoms. The smallest absolute Gasteiger partial charge is 0.0621 e. The molecule has 2 fully saturated rings. The first-order chi connectivity index (χ1) is 6.55. The molecule has 1 aliphatic carbocycles. The molecule has 0 aromatic rings. The van der Waals surface area contributed by atoms with Crippen LogP contribution < -0.4 is 0 Å². The molecule has 0 radical (unpaired) electrons. The molecule has 2 atom stereocenters. The summed E-state index contributed by atoms with van der Waals surface area (Å²) in [4.78, 5) is 2.56. The highest BCUT2D eigenvalue weighted by Crippen LogP contribution is 2.46. The van der Waals surface area contributed by atoms with Crippen LogP contribution in [-0.4, -0.2) is 35.2 Å². The van der Waals surface area contributed by atoms with Gasteiger partial charge < -0.3 is 5.11 Å². The van der Waals surface area contributed by atoms with E-state index >= 15 is 0 Å². The van der Waals surface area contributed by atoms with Gasteiger partial charge in [0.15, 0.2) is 0 Å². The number of aliphatic hydroxyl groups is 1. The van der Waals surface area contributed by atoms with Crippen molar-refractivity contribution >= 4 is 0 Å². The average molecular weight is 197 g/mol. The zero-order valence-electron chi connectivity index (χ0n) is 9.66. The van der Waals surface area contributed by atoms with Crippen molar-refractivity contribution in [2.75, 3.05) is 13.1 Å². The van der Waals surface area contributed by atoms with Crippen molar-refractivity contribution in [2.24, 2.45) is 11.3 Å². The fourth-order valence-electron chi connectivity index (χ4n) is 2.96. The Bertz CT molecular complexity index is 208. The summed E-state index contributed by atoms with van der Waals surface area (Å²) >= 11 is 0. The molecule has 1 heterocycles. The Morgan fingerprint density at radius 1 is 1.36 bits per heavy atom. The minimum atomic E-state index is -0.0716. The third-order valence-electron chi connectivity index (χ3n) is 4.29. The maximum Gasteiger partial charge on any atom is 0.0621 e. The number of nitrogens with zero attached hydrogens (tertiary/aromatic N) is 1. The third-order valence-corrected chi connectivity index (χ3v) is 4.29. The minimum Gasteiger partial charge on any atom is -0.392 e. The van der Waals surface area contributed by atoms with Gasteiger partial charge in [-0.05, 0) is 18.8 Å². The van der Waals surface area contributed by atoms with E-state index in [2.05, 4.69) is 25.7 Å². The van der Waals surface area contributed by atoms with Crippen molar-refractivity contribution in [1.82, 2.24) is 4.90 Å². The number of hydrogen-bond acceptors (Lipinski definition) is 2. The van der Waals surface area contributed by atoms with Crippen molar-refractivity contribution < 1.29 is 5.11 Å². The first-order valence-electron chi connectivity index (χ1n) is 5.97. The summed E-state index contributed by atoms with van der Waals surface area (Å²) < 4.78 is 0. The lowest BCUT2D eigenvalue weighted by Gasteiger charge is -2.58. The van der Waals surface area contributed by atoms with Gasteiger partial charge in [0.1, 0.15) is 0 Å². The van der Waals surface area contributed by atoms with E-state index in [1.54, 1.807) is 0 Å². The van der Waals surface area contributed by atoms with Gasteiger partial charge in [-0.15, -0.1) is 0 Å². The van der Waals surface area contributed by atoms with Crippen molar-refractivity contribution in [3.8, 4) is 0 Å². The second-order valence-electron chi connectivity index (χ2n) is 5.70. The Labute approximate surface area is 87.3 Å². The molecule has 14 heavy (non-hydrogen) atoms. The van der Waals surface area contributed by atoms with Crippen molar-refractivity contribution in [2.45, 2.75) is 52.2 Å². The summed E-state index contributed by atoms with van der Waals surface area (Å²) in [6.07, 6.45) is 3.62. The molecular weight excluding hydrogens is 174 g/mol. The summed E-state index contributed by atoms with van der Waals surface area (Å²) in [5, 5.41) is 9.66. The van der Waals surface area contributed by atoms with Crippen LogP contribution in [0.3, 0.4) is 0 Å². The molecule has 0 aromatic carbocycles. The predicted molar refractivity (Wildman–Crippen MR) is 58.2 cm³/mol. The molecule has 1 saturated heterocycles. The quantitative estimate of drug-likeness (QED) is 0.746. The van der Waals surface area contributed by atoms with Gasteiger partial charge in [0, 0.05) is 24.5 Å². The summed E-state index contributed by atoms with van der Waals surface area (Å²) in [7, 11) is 0. The van der Waals surface area contributed by atoms with E-state index in [0.717, 1.165) is 12.3 Å². The van der Waals surface area contributed by atoms with E-state index in [1.165, 1.54) is 25.9 Å². The van der Waals surface area contributed by atoms with E-state index in [9.17, 15) is 5.11 Å².